The Morgan fingerprint density at radius 2 is 2.18 bits per heavy atom. The molecule has 0 spiro atoms. The number of hydrogen-bond donors (Lipinski definition) is 1. The van der Waals surface area contributed by atoms with Crippen LogP contribution < -0.4 is 0 Å². The van der Waals surface area contributed by atoms with Crippen molar-refractivity contribution >= 4 is 10.8 Å². The van der Waals surface area contributed by atoms with Gasteiger partial charge in [0, 0.05) is 22.7 Å². The van der Waals surface area contributed by atoms with Crippen LogP contribution in [-0.2, 0) is 9.47 Å². The fourth-order valence-electron chi connectivity index (χ4n) is 2.56. The molecule has 0 saturated carbocycles. The number of aliphatic hydroxyl groups is 1. The van der Waals surface area contributed by atoms with Gasteiger partial charge in [-0.1, -0.05) is 0 Å². The highest BCUT2D eigenvalue weighted by Crippen LogP contribution is 2.35. The number of aromatic nitrogens is 1. The number of rotatable bonds is 4. The van der Waals surface area contributed by atoms with Gasteiger partial charge in [0.05, 0.1) is 18.8 Å². The molecule has 2 aromatic rings. The van der Waals surface area contributed by atoms with Crippen molar-refractivity contribution in [1.82, 2.24) is 4.98 Å². The van der Waals surface area contributed by atoms with Gasteiger partial charge >= 0.3 is 0 Å². The first-order chi connectivity index (χ1) is 10.6. The number of benzene rings is 1. The molecule has 2 heterocycles. The van der Waals surface area contributed by atoms with Crippen molar-refractivity contribution in [3.05, 3.63) is 51.6 Å². The van der Waals surface area contributed by atoms with E-state index < -0.39 is 29.7 Å². The molecule has 8 heteroatoms. The van der Waals surface area contributed by atoms with E-state index in [2.05, 4.69) is 4.98 Å². The highest BCUT2D eigenvalue weighted by atomic mass is 19.1. The van der Waals surface area contributed by atoms with Crippen molar-refractivity contribution in [2.24, 2.45) is 0 Å². The minimum absolute atomic E-state index is 0.124. The summed E-state index contributed by atoms with van der Waals surface area (Å²) in [5, 5.41) is 21.4. The van der Waals surface area contributed by atoms with Crippen molar-refractivity contribution in [2.75, 3.05) is 19.8 Å². The number of hydrogen-bond acceptors (Lipinski definition) is 6. The molecule has 1 aliphatic rings. The standard InChI is InChI=1S/C14H13FN2O5/c15-11-5-9(12(18)7-17(19)20)10-6-16-2-1-8(10)13(11)14-21-3-4-22-14/h1-2,5-6,12,14,18H,3-4,7H2. The van der Waals surface area contributed by atoms with Crippen LogP contribution in [0.15, 0.2) is 24.5 Å². The molecule has 7 nitrogen and oxygen atoms in total. The number of nitrogens with zero attached hydrogens (tertiary/aromatic N) is 2. The third-order valence-corrected chi connectivity index (χ3v) is 3.50. The molecule has 22 heavy (non-hydrogen) atoms. The molecule has 1 atom stereocenters. The van der Waals surface area contributed by atoms with Crippen LogP contribution in [0.4, 0.5) is 4.39 Å². The van der Waals surface area contributed by atoms with Crippen LogP contribution in [0, 0.1) is 15.9 Å². The number of pyridine rings is 1. The number of halogens is 1. The Hall–Kier alpha value is -2.16. The van der Waals surface area contributed by atoms with Crippen molar-refractivity contribution in [3.63, 3.8) is 0 Å². The third kappa shape index (κ3) is 2.63. The molecule has 1 unspecified atom stereocenters. The molecule has 1 N–H and O–H groups in total. The SMILES string of the molecule is O=[N+]([O-])CC(O)c1cc(F)c(C2OCCO2)c2ccncc12. The maximum absolute atomic E-state index is 14.5. The van der Waals surface area contributed by atoms with E-state index in [-0.39, 0.29) is 11.1 Å². The second-order valence-corrected chi connectivity index (χ2v) is 4.89. The van der Waals surface area contributed by atoms with Crippen molar-refractivity contribution < 1.29 is 23.9 Å². The van der Waals surface area contributed by atoms with Crippen LogP contribution in [-0.4, -0.2) is 34.8 Å². The number of ether oxygens (including phenoxy) is 2. The van der Waals surface area contributed by atoms with Crippen molar-refractivity contribution in [1.29, 1.82) is 0 Å². The molecule has 1 aliphatic heterocycles. The fourth-order valence-corrected chi connectivity index (χ4v) is 2.56. The summed E-state index contributed by atoms with van der Waals surface area (Å²) in [6.45, 7) is 0.0178. The second kappa shape index (κ2) is 5.91. The topological polar surface area (TPSA) is 94.7 Å². The lowest BCUT2D eigenvalue weighted by Crippen LogP contribution is -2.14. The average molecular weight is 308 g/mol. The second-order valence-electron chi connectivity index (χ2n) is 4.89. The van der Waals surface area contributed by atoms with Gasteiger partial charge in [0.25, 0.3) is 0 Å². The molecule has 116 valence electrons. The van der Waals surface area contributed by atoms with Gasteiger partial charge in [-0.2, -0.15) is 0 Å². The molecular formula is C14H13FN2O5. The molecule has 0 bridgehead atoms. The van der Waals surface area contributed by atoms with Crippen LogP contribution in [0.25, 0.3) is 10.8 Å². The quantitative estimate of drug-likeness (QED) is 0.682. The van der Waals surface area contributed by atoms with Crippen LogP contribution in [0.5, 0.6) is 0 Å². The van der Waals surface area contributed by atoms with Gasteiger partial charge in [-0.15, -0.1) is 0 Å². The van der Waals surface area contributed by atoms with Gasteiger partial charge in [0.1, 0.15) is 11.9 Å². The maximum atomic E-state index is 14.5. The predicted octanol–water partition coefficient (Wildman–Crippen LogP) is 1.73. The molecule has 1 fully saturated rings. The Balaban J connectivity index is 2.16. The van der Waals surface area contributed by atoms with E-state index in [1.807, 2.05) is 0 Å². The van der Waals surface area contributed by atoms with E-state index >= 15 is 0 Å². The van der Waals surface area contributed by atoms with Crippen LogP contribution in [0.2, 0.25) is 0 Å². The Labute approximate surface area is 124 Å². The zero-order valence-corrected chi connectivity index (χ0v) is 11.4. The monoisotopic (exact) mass is 308 g/mol. The first-order valence-corrected chi connectivity index (χ1v) is 6.67. The van der Waals surface area contributed by atoms with Crippen molar-refractivity contribution in [3.8, 4) is 0 Å². The minimum Gasteiger partial charge on any atom is -0.381 e. The van der Waals surface area contributed by atoms with Crippen LogP contribution in [0.3, 0.4) is 0 Å². The Morgan fingerprint density at radius 1 is 1.45 bits per heavy atom. The van der Waals surface area contributed by atoms with Gasteiger partial charge in [0.2, 0.25) is 6.54 Å². The molecule has 3 rings (SSSR count). The predicted molar refractivity (Wildman–Crippen MR) is 73.2 cm³/mol. The van der Waals surface area contributed by atoms with Crippen molar-refractivity contribution in [2.45, 2.75) is 12.4 Å². The van der Waals surface area contributed by atoms with Gasteiger partial charge in [0.15, 0.2) is 6.29 Å². The summed E-state index contributed by atoms with van der Waals surface area (Å²) in [6.07, 6.45) is 0.664. The Morgan fingerprint density at radius 3 is 2.86 bits per heavy atom. The van der Waals surface area contributed by atoms with E-state index in [1.54, 1.807) is 6.07 Å². The lowest BCUT2D eigenvalue weighted by molar-refractivity contribution is -0.491. The van der Waals surface area contributed by atoms with E-state index in [0.29, 0.717) is 24.0 Å². The summed E-state index contributed by atoms with van der Waals surface area (Å²) in [5.41, 5.74) is 0.339. The Kier molecular flexibility index (Phi) is 3.97. The van der Waals surface area contributed by atoms with E-state index in [0.717, 1.165) is 6.07 Å². The zero-order valence-electron chi connectivity index (χ0n) is 11.4. The minimum atomic E-state index is -1.42. The smallest absolute Gasteiger partial charge is 0.233 e. The fraction of sp³-hybridized carbons (Fsp3) is 0.357. The van der Waals surface area contributed by atoms with Gasteiger partial charge < -0.3 is 14.6 Å². The molecule has 0 aliphatic carbocycles. The van der Waals surface area contributed by atoms with Gasteiger partial charge in [-0.3, -0.25) is 15.1 Å². The summed E-state index contributed by atoms with van der Waals surface area (Å²) >= 11 is 0. The molecule has 0 amide bonds. The lowest BCUT2D eigenvalue weighted by Gasteiger charge is -2.17. The number of nitro groups is 1. The van der Waals surface area contributed by atoms with E-state index in [4.69, 9.17) is 9.47 Å². The molecule has 1 aromatic heterocycles. The van der Waals surface area contributed by atoms with Crippen LogP contribution in [0.1, 0.15) is 23.5 Å². The van der Waals surface area contributed by atoms with Crippen LogP contribution >= 0.6 is 0 Å². The van der Waals surface area contributed by atoms with E-state index in [9.17, 15) is 19.6 Å². The highest BCUT2D eigenvalue weighted by molar-refractivity contribution is 5.88. The van der Waals surface area contributed by atoms with Gasteiger partial charge in [-0.25, -0.2) is 4.39 Å². The molecule has 1 saturated heterocycles. The summed E-state index contributed by atoms with van der Waals surface area (Å²) < 4.78 is 25.1. The maximum Gasteiger partial charge on any atom is 0.233 e. The van der Waals surface area contributed by atoms with E-state index in [1.165, 1.54) is 12.4 Å². The summed E-state index contributed by atoms with van der Waals surface area (Å²) in [7, 11) is 0. The number of aliphatic hydroxyl groups excluding tert-OH is 1. The Bertz CT molecular complexity index is 718. The summed E-state index contributed by atoms with van der Waals surface area (Å²) in [4.78, 5) is 13.9. The number of fused-ring (bicyclic) bond motifs is 1. The molecule has 0 radical (unpaired) electrons. The largest absolute Gasteiger partial charge is 0.381 e. The first-order valence-electron chi connectivity index (χ1n) is 6.67. The molecule has 1 aromatic carbocycles. The highest BCUT2D eigenvalue weighted by Gasteiger charge is 2.27. The normalized spacial score (nSPS) is 17.0. The summed E-state index contributed by atoms with van der Waals surface area (Å²) in [6, 6.07) is 2.65. The summed E-state index contributed by atoms with van der Waals surface area (Å²) in [5.74, 6) is -0.636. The molecular weight excluding hydrogens is 295 g/mol. The lowest BCUT2D eigenvalue weighted by atomic mass is 9.97. The van der Waals surface area contributed by atoms with Gasteiger partial charge in [-0.05, 0) is 23.1 Å². The third-order valence-electron chi connectivity index (χ3n) is 3.50. The average Bonchev–Trinajstić information content (AvgIpc) is 2.99. The zero-order chi connectivity index (χ0) is 15.7. The first kappa shape index (κ1) is 14.8.